The van der Waals surface area contributed by atoms with Crippen molar-refractivity contribution in [2.24, 2.45) is 0 Å². The molecule has 0 fully saturated rings. The Morgan fingerprint density at radius 2 is 2.04 bits per heavy atom. The third-order valence-electron chi connectivity index (χ3n) is 4.28. The molecule has 0 saturated carbocycles. The number of carbonyl (C=O) groups excluding carboxylic acids is 1. The van der Waals surface area contributed by atoms with E-state index in [0.717, 1.165) is 11.3 Å². The summed E-state index contributed by atoms with van der Waals surface area (Å²) in [6, 6.07) is 7.99. The Balaban J connectivity index is 2.09. The van der Waals surface area contributed by atoms with E-state index < -0.39 is 23.5 Å². The van der Waals surface area contributed by atoms with Crippen molar-refractivity contribution in [1.82, 2.24) is 9.55 Å². The number of anilines is 1. The summed E-state index contributed by atoms with van der Waals surface area (Å²) >= 11 is 1.09. The van der Waals surface area contributed by atoms with Gasteiger partial charge in [-0.05, 0) is 19.1 Å². The molecule has 9 heteroatoms. The van der Waals surface area contributed by atoms with Crippen LogP contribution in [0, 0.1) is 0 Å². The zero-order chi connectivity index (χ0) is 20.3. The van der Waals surface area contributed by atoms with Crippen LogP contribution in [0.4, 0.5) is 5.69 Å². The lowest BCUT2D eigenvalue weighted by Gasteiger charge is -2.19. The molecule has 1 amide bonds. The second-order valence-corrected chi connectivity index (χ2v) is 6.97. The molecule has 0 saturated heterocycles. The van der Waals surface area contributed by atoms with Crippen LogP contribution in [0.15, 0.2) is 40.5 Å². The van der Waals surface area contributed by atoms with Gasteiger partial charge in [0.15, 0.2) is 0 Å². The number of carbonyl (C=O) groups is 2. The van der Waals surface area contributed by atoms with Gasteiger partial charge in [-0.2, -0.15) is 0 Å². The minimum atomic E-state index is -1.21. The van der Waals surface area contributed by atoms with E-state index in [4.69, 9.17) is 4.74 Å². The van der Waals surface area contributed by atoms with Gasteiger partial charge >= 0.3 is 5.97 Å². The first-order valence-corrected chi connectivity index (χ1v) is 9.42. The van der Waals surface area contributed by atoms with Gasteiger partial charge < -0.3 is 15.2 Å². The molecule has 146 valence electrons. The van der Waals surface area contributed by atoms with Crippen LogP contribution in [-0.4, -0.2) is 40.3 Å². The molecule has 1 aromatic carbocycles. The van der Waals surface area contributed by atoms with E-state index in [-0.39, 0.29) is 10.9 Å². The Hall–Kier alpha value is -3.04. The molecule has 3 rings (SSSR count). The molecule has 8 nitrogen and oxygen atoms in total. The van der Waals surface area contributed by atoms with Crippen LogP contribution in [0.1, 0.15) is 29.1 Å². The molecule has 0 aliphatic rings. The molecule has 1 unspecified atom stereocenters. The molecule has 2 N–H and O–H groups in total. The second kappa shape index (κ2) is 8.32. The Kier molecular flexibility index (Phi) is 5.86. The first-order valence-electron chi connectivity index (χ1n) is 8.54. The van der Waals surface area contributed by atoms with E-state index in [1.54, 1.807) is 31.2 Å². The predicted octanol–water partition coefficient (Wildman–Crippen LogP) is 2.54. The van der Waals surface area contributed by atoms with Crippen molar-refractivity contribution in [3.63, 3.8) is 0 Å². The number of hydrogen-bond donors (Lipinski definition) is 2. The van der Waals surface area contributed by atoms with Gasteiger partial charge in [-0.3, -0.25) is 14.2 Å². The summed E-state index contributed by atoms with van der Waals surface area (Å²) in [5.41, 5.74) is -0.0627. The molecule has 0 aliphatic heterocycles. The predicted molar refractivity (Wildman–Crippen MR) is 106 cm³/mol. The summed E-state index contributed by atoms with van der Waals surface area (Å²) in [5, 5.41) is 13.5. The van der Waals surface area contributed by atoms with Gasteiger partial charge in [-0.15, -0.1) is 11.3 Å². The second-order valence-electron chi connectivity index (χ2n) is 6.11. The largest absolute Gasteiger partial charge is 0.478 e. The van der Waals surface area contributed by atoms with Gasteiger partial charge in [-0.25, -0.2) is 9.78 Å². The zero-order valence-corrected chi connectivity index (χ0v) is 16.2. The number of carboxylic acid groups (broad SMARTS) is 1. The number of aromatic carboxylic acids is 1. The van der Waals surface area contributed by atoms with Crippen molar-refractivity contribution in [3.8, 4) is 0 Å². The third kappa shape index (κ3) is 3.80. The smallest absolute Gasteiger partial charge is 0.337 e. The standard InChI is InChI=1S/C19H19N3O5S/c1-11(16(23)20-12-6-4-3-5-7-12)22-14(8-9-27-2)21-17-15(18(22)24)13(10-28-17)19(25)26/h3-7,10-11H,8-9H2,1-2H3,(H,20,23)(H,25,26). The Labute approximate surface area is 164 Å². The van der Waals surface area contributed by atoms with Crippen molar-refractivity contribution in [1.29, 1.82) is 0 Å². The van der Waals surface area contributed by atoms with Crippen LogP contribution in [0.3, 0.4) is 0 Å². The number of nitrogens with zero attached hydrogens (tertiary/aromatic N) is 2. The van der Waals surface area contributed by atoms with Crippen molar-refractivity contribution < 1.29 is 19.4 Å². The quantitative estimate of drug-likeness (QED) is 0.629. The maximum Gasteiger partial charge on any atom is 0.337 e. The van der Waals surface area contributed by atoms with Crippen LogP contribution in [0.5, 0.6) is 0 Å². The number of aromatic nitrogens is 2. The van der Waals surface area contributed by atoms with Gasteiger partial charge in [0.1, 0.15) is 16.7 Å². The molecule has 0 bridgehead atoms. The molecule has 1 atom stereocenters. The highest BCUT2D eigenvalue weighted by atomic mass is 32.1. The number of carboxylic acids is 1. The van der Waals surface area contributed by atoms with E-state index in [1.165, 1.54) is 17.1 Å². The summed E-state index contributed by atoms with van der Waals surface area (Å²) in [6.07, 6.45) is 0.310. The monoisotopic (exact) mass is 401 g/mol. The number of benzene rings is 1. The number of fused-ring (bicyclic) bond motifs is 1. The van der Waals surface area contributed by atoms with Crippen LogP contribution in [-0.2, 0) is 16.0 Å². The summed E-state index contributed by atoms with van der Waals surface area (Å²) in [4.78, 5) is 42.1. The fourth-order valence-electron chi connectivity index (χ4n) is 2.86. The molecule has 2 aromatic heterocycles. The average Bonchev–Trinajstić information content (AvgIpc) is 3.11. The number of hydrogen-bond acceptors (Lipinski definition) is 6. The van der Waals surface area contributed by atoms with Gasteiger partial charge in [0.2, 0.25) is 5.91 Å². The summed E-state index contributed by atoms with van der Waals surface area (Å²) in [5.74, 6) is -1.24. The third-order valence-corrected chi connectivity index (χ3v) is 5.15. The zero-order valence-electron chi connectivity index (χ0n) is 15.3. The first-order chi connectivity index (χ1) is 13.4. The van der Waals surface area contributed by atoms with Crippen molar-refractivity contribution in [2.75, 3.05) is 19.0 Å². The van der Waals surface area contributed by atoms with Crippen molar-refractivity contribution in [2.45, 2.75) is 19.4 Å². The van der Waals surface area contributed by atoms with Gasteiger partial charge in [0.05, 0.1) is 17.6 Å². The number of ether oxygens (including phenoxy) is 1. The Morgan fingerprint density at radius 1 is 1.32 bits per heavy atom. The fourth-order valence-corrected chi connectivity index (χ4v) is 3.78. The molecule has 2 heterocycles. The number of nitrogens with one attached hydrogen (secondary N) is 1. The summed E-state index contributed by atoms with van der Waals surface area (Å²) < 4.78 is 6.33. The Morgan fingerprint density at radius 3 is 2.68 bits per heavy atom. The fraction of sp³-hybridized carbons (Fsp3) is 0.263. The lowest BCUT2D eigenvalue weighted by molar-refractivity contribution is -0.119. The first kappa shape index (κ1) is 19.7. The van der Waals surface area contributed by atoms with E-state index in [2.05, 4.69) is 10.3 Å². The minimum Gasteiger partial charge on any atom is -0.478 e. The summed E-state index contributed by atoms with van der Waals surface area (Å²) in [7, 11) is 1.53. The number of amides is 1. The van der Waals surface area contributed by atoms with E-state index >= 15 is 0 Å². The van der Waals surface area contributed by atoms with Crippen LogP contribution < -0.4 is 10.9 Å². The maximum atomic E-state index is 13.1. The van der Waals surface area contributed by atoms with E-state index in [1.807, 2.05) is 6.07 Å². The number of thiophene rings is 1. The summed E-state index contributed by atoms with van der Waals surface area (Å²) in [6.45, 7) is 1.89. The van der Waals surface area contributed by atoms with Gasteiger partial charge in [-0.1, -0.05) is 18.2 Å². The highest BCUT2D eigenvalue weighted by Gasteiger charge is 2.25. The molecule has 0 aliphatic carbocycles. The number of rotatable bonds is 7. The van der Waals surface area contributed by atoms with Crippen molar-refractivity contribution in [3.05, 3.63) is 57.5 Å². The highest BCUT2D eigenvalue weighted by Crippen LogP contribution is 2.23. The lowest BCUT2D eigenvalue weighted by Crippen LogP contribution is -2.35. The lowest BCUT2D eigenvalue weighted by atomic mass is 10.2. The molecular weight excluding hydrogens is 382 g/mol. The van der Waals surface area contributed by atoms with Gasteiger partial charge in [0, 0.05) is 24.6 Å². The average molecular weight is 401 g/mol. The molecule has 0 spiro atoms. The highest BCUT2D eigenvalue weighted by molar-refractivity contribution is 7.17. The topological polar surface area (TPSA) is 111 Å². The van der Waals surface area contributed by atoms with Crippen molar-refractivity contribution >= 4 is 39.1 Å². The van der Waals surface area contributed by atoms with Crippen LogP contribution in [0.25, 0.3) is 10.2 Å². The minimum absolute atomic E-state index is 0.0121. The van der Waals surface area contributed by atoms with Crippen LogP contribution in [0.2, 0.25) is 0 Å². The molecule has 0 radical (unpaired) electrons. The SMILES string of the molecule is COCCc1nc2scc(C(=O)O)c2c(=O)n1C(C)C(=O)Nc1ccccc1. The van der Waals surface area contributed by atoms with E-state index in [0.29, 0.717) is 29.4 Å². The molecular formula is C19H19N3O5S. The number of para-hydroxylation sites is 1. The molecule has 3 aromatic rings. The molecule has 28 heavy (non-hydrogen) atoms. The van der Waals surface area contributed by atoms with Gasteiger partial charge in [0.25, 0.3) is 5.56 Å². The number of methoxy groups -OCH3 is 1. The Bertz CT molecular complexity index is 1070. The normalized spacial score (nSPS) is 12.1. The van der Waals surface area contributed by atoms with Crippen LogP contribution >= 0.6 is 11.3 Å². The maximum absolute atomic E-state index is 13.1. The van der Waals surface area contributed by atoms with E-state index in [9.17, 15) is 19.5 Å².